The minimum absolute atomic E-state index is 0.0656. The van der Waals surface area contributed by atoms with E-state index in [2.05, 4.69) is 13.8 Å². The summed E-state index contributed by atoms with van der Waals surface area (Å²) in [6.07, 6.45) is 2.54. The summed E-state index contributed by atoms with van der Waals surface area (Å²) in [5, 5.41) is 0. The minimum atomic E-state index is -3.13. The largest absolute Gasteiger partial charge is 0.327 e. The van der Waals surface area contributed by atoms with E-state index in [1.807, 2.05) is 13.8 Å². The second-order valence-electron chi connectivity index (χ2n) is 5.48. The average Bonchev–Trinajstić information content (AvgIpc) is 2.32. The van der Waals surface area contributed by atoms with Crippen molar-refractivity contribution in [3.63, 3.8) is 0 Å². The summed E-state index contributed by atoms with van der Waals surface area (Å²) in [4.78, 5) is 0. The molecule has 0 fully saturated rings. The lowest BCUT2D eigenvalue weighted by molar-refractivity contribution is 0.392. The number of nitrogens with two attached hydrogens (primary N) is 1. The molecule has 5 heteroatoms. The maximum atomic E-state index is 12.1. The molecule has 0 aromatic carbocycles. The van der Waals surface area contributed by atoms with Gasteiger partial charge in [-0.3, -0.25) is 0 Å². The maximum absolute atomic E-state index is 12.1. The Balaban J connectivity index is 4.35. The van der Waals surface area contributed by atoms with Crippen LogP contribution < -0.4 is 5.73 Å². The van der Waals surface area contributed by atoms with E-state index in [9.17, 15) is 8.42 Å². The lowest BCUT2D eigenvalue weighted by atomic mass is 10.0. The van der Waals surface area contributed by atoms with E-state index in [1.165, 1.54) is 4.31 Å². The van der Waals surface area contributed by atoms with E-state index in [1.54, 1.807) is 7.05 Å². The molecule has 0 rings (SSSR count). The molecule has 0 aliphatic carbocycles. The van der Waals surface area contributed by atoms with E-state index in [4.69, 9.17) is 5.73 Å². The molecule has 0 radical (unpaired) electrons. The van der Waals surface area contributed by atoms with Crippen molar-refractivity contribution >= 4 is 10.0 Å². The van der Waals surface area contributed by atoms with Crippen molar-refractivity contribution < 1.29 is 8.42 Å². The second-order valence-corrected chi connectivity index (χ2v) is 7.60. The Kier molecular flexibility index (Phi) is 8.06. The van der Waals surface area contributed by atoms with Gasteiger partial charge in [0, 0.05) is 19.6 Å². The van der Waals surface area contributed by atoms with E-state index in [0.29, 0.717) is 12.5 Å². The van der Waals surface area contributed by atoms with Crippen LogP contribution in [-0.2, 0) is 10.0 Å². The first-order valence-corrected chi connectivity index (χ1v) is 8.55. The minimum Gasteiger partial charge on any atom is -0.327 e. The monoisotopic (exact) mass is 278 g/mol. The van der Waals surface area contributed by atoms with Gasteiger partial charge in [0.15, 0.2) is 0 Å². The molecule has 0 aliphatic heterocycles. The van der Waals surface area contributed by atoms with Crippen LogP contribution in [0.4, 0.5) is 0 Å². The van der Waals surface area contributed by atoms with Gasteiger partial charge in [-0.1, -0.05) is 40.5 Å². The summed E-state index contributed by atoms with van der Waals surface area (Å²) >= 11 is 0. The molecule has 110 valence electrons. The van der Waals surface area contributed by atoms with Gasteiger partial charge >= 0.3 is 0 Å². The molecule has 1 atom stereocenters. The van der Waals surface area contributed by atoms with Crippen LogP contribution in [0.1, 0.15) is 47.0 Å². The topological polar surface area (TPSA) is 63.4 Å². The maximum Gasteiger partial charge on any atom is 0.214 e. The molecule has 0 bridgehead atoms. The Morgan fingerprint density at radius 2 is 1.67 bits per heavy atom. The molecular weight excluding hydrogens is 248 g/mol. The van der Waals surface area contributed by atoms with Gasteiger partial charge in [0.05, 0.1) is 5.75 Å². The summed E-state index contributed by atoms with van der Waals surface area (Å²) in [6.45, 7) is 8.71. The normalized spacial score (nSPS) is 14.7. The van der Waals surface area contributed by atoms with Gasteiger partial charge in [-0.15, -0.1) is 0 Å². The molecule has 2 N–H and O–H groups in total. The summed E-state index contributed by atoms with van der Waals surface area (Å²) in [7, 11) is -1.47. The predicted octanol–water partition coefficient (Wildman–Crippen LogP) is 2.06. The van der Waals surface area contributed by atoms with E-state index in [-0.39, 0.29) is 17.7 Å². The third-order valence-corrected chi connectivity index (χ3v) is 5.73. The zero-order valence-electron chi connectivity index (χ0n) is 12.5. The fourth-order valence-corrected chi connectivity index (χ4v) is 3.46. The van der Waals surface area contributed by atoms with Crippen LogP contribution in [0.5, 0.6) is 0 Å². The zero-order chi connectivity index (χ0) is 14.3. The molecule has 0 aromatic rings. The number of nitrogens with zero attached hydrogens (tertiary/aromatic N) is 1. The Morgan fingerprint density at radius 1 is 1.17 bits per heavy atom. The van der Waals surface area contributed by atoms with Crippen LogP contribution >= 0.6 is 0 Å². The Bertz CT molecular complexity index is 311. The summed E-state index contributed by atoms with van der Waals surface area (Å²) < 4.78 is 25.7. The summed E-state index contributed by atoms with van der Waals surface area (Å²) in [5.41, 5.74) is 5.94. The van der Waals surface area contributed by atoms with E-state index < -0.39 is 10.0 Å². The van der Waals surface area contributed by atoms with Gasteiger partial charge < -0.3 is 5.73 Å². The highest BCUT2D eigenvalue weighted by molar-refractivity contribution is 7.89. The molecule has 18 heavy (non-hydrogen) atoms. The SMILES string of the molecule is CCC(CC)CS(=O)(=O)N(C)CCC(N)C(C)C. The van der Waals surface area contributed by atoms with Crippen LogP contribution in [-0.4, -0.2) is 38.1 Å². The third kappa shape index (κ3) is 6.16. The molecule has 0 spiro atoms. The first-order chi connectivity index (χ1) is 8.24. The fraction of sp³-hybridized carbons (Fsp3) is 1.00. The molecule has 0 saturated heterocycles. The number of hydrogen-bond acceptors (Lipinski definition) is 3. The number of rotatable bonds is 9. The standard InChI is InChI=1S/C13H30N2O2S/c1-6-12(7-2)10-18(16,17)15(5)9-8-13(14)11(3)4/h11-13H,6-10,14H2,1-5H3. The number of hydrogen-bond donors (Lipinski definition) is 1. The van der Waals surface area contributed by atoms with Crippen molar-refractivity contribution in [3.05, 3.63) is 0 Å². The van der Waals surface area contributed by atoms with Crippen LogP contribution in [0.3, 0.4) is 0 Å². The summed E-state index contributed by atoms with van der Waals surface area (Å²) in [6, 6.07) is 0.0656. The predicted molar refractivity (Wildman–Crippen MR) is 77.9 cm³/mol. The van der Waals surface area contributed by atoms with Gasteiger partial charge in [0.1, 0.15) is 0 Å². The highest BCUT2D eigenvalue weighted by Gasteiger charge is 2.22. The van der Waals surface area contributed by atoms with Crippen molar-refractivity contribution in [2.75, 3.05) is 19.3 Å². The van der Waals surface area contributed by atoms with E-state index in [0.717, 1.165) is 19.3 Å². The lowest BCUT2D eigenvalue weighted by Gasteiger charge is -2.23. The van der Waals surface area contributed by atoms with Crippen molar-refractivity contribution in [2.45, 2.75) is 53.0 Å². The van der Waals surface area contributed by atoms with Crippen LogP contribution in [0.2, 0.25) is 0 Å². The van der Waals surface area contributed by atoms with Crippen LogP contribution in [0.15, 0.2) is 0 Å². The quantitative estimate of drug-likeness (QED) is 0.702. The Labute approximate surface area is 113 Å². The highest BCUT2D eigenvalue weighted by atomic mass is 32.2. The van der Waals surface area contributed by atoms with Crippen molar-refractivity contribution in [2.24, 2.45) is 17.6 Å². The second kappa shape index (κ2) is 8.12. The smallest absolute Gasteiger partial charge is 0.214 e. The van der Waals surface area contributed by atoms with Gasteiger partial charge in [0.2, 0.25) is 10.0 Å². The molecule has 0 heterocycles. The lowest BCUT2D eigenvalue weighted by Crippen LogP contribution is -2.36. The van der Waals surface area contributed by atoms with Crippen LogP contribution in [0.25, 0.3) is 0 Å². The highest BCUT2D eigenvalue weighted by Crippen LogP contribution is 2.14. The molecule has 0 aliphatic rings. The molecule has 0 aromatic heterocycles. The average molecular weight is 278 g/mol. The summed E-state index contributed by atoms with van der Waals surface area (Å²) in [5.74, 6) is 0.907. The van der Waals surface area contributed by atoms with Gasteiger partial charge in [-0.05, 0) is 18.3 Å². The van der Waals surface area contributed by atoms with E-state index >= 15 is 0 Å². The van der Waals surface area contributed by atoms with Crippen molar-refractivity contribution in [3.8, 4) is 0 Å². The third-order valence-electron chi connectivity index (χ3n) is 3.71. The van der Waals surface area contributed by atoms with Gasteiger partial charge in [-0.25, -0.2) is 12.7 Å². The molecule has 4 nitrogen and oxygen atoms in total. The Hall–Kier alpha value is -0.130. The van der Waals surface area contributed by atoms with Gasteiger partial charge in [0.25, 0.3) is 0 Å². The number of sulfonamides is 1. The molecule has 0 saturated carbocycles. The van der Waals surface area contributed by atoms with Crippen LogP contribution in [0, 0.1) is 11.8 Å². The van der Waals surface area contributed by atoms with Crippen molar-refractivity contribution in [1.82, 2.24) is 4.31 Å². The first kappa shape index (κ1) is 17.9. The Morgan fingerprint density at radius 3 is 2.06 bits per heavy atom. The van der Waals surface area contributed by atoms with Gasteiger partial charge in [-0.2, -0.15) is 0 Å². The molecule has 1 unspecified atom stereocenters. The molecular formula is C13H30N2O2S. The fourth-order valence-electron chi connectivity index (χ4n) is 1.75. The van der Waals surface area contributed by atoms with Crippen molar-refractivity contribution in [1.29, 1.82) is 0 Å². The zero-order valence-corrected chi connectivity index (χ0v) is 13.3. The first-order valence-electron chi connectivity index (χ1n) is 6.94. The molecule has 0 amide bonds.